The molecule has 144 valence electrons. The summed E-state index contributed by atoms with van der Waals surface area (Å²) < 4.78 is 26.4. The van der Waals surface area contributed by atoms with Crippen molar-refractivity contribution in [3.63, 3.8) is 0 Å². The fourth-order valence-corrected chi connectivity index (χ4v) is 4.07. The van der Waals surface area contributed by atoms with Crippen molar-refractivity contribution in [3.8, 4) is 0 Å². The Hall–Kier alpha value is -1.93. The molecule has 2 rings (SSSR count). The van der Waals surface area contributed by atoms with E-state index in [1.807, 2.05) is 6.92 Å². The minimum absolute atomic E-state index is 0.0128. The summed E-state index contributed by atoms with van der Waals surface area (Å²) in [4.78, 5) is 27.5. The molecule has 0 unspecified atom stereocenters. The number of hydrogen-bond acceptors (Lipinski definition) is 4. The normalized spacial score (nSPS) is 15.4. The van der Waals surface area contributed by atoms with Crippen LogP contribution in [0.15, 0.2) is 29.2 Å². The van der Waals surface area contributed by atoms with Crippen LogP contribution in [0.3, 0.4) is 0 Å². The first-order chi connectivity index (χ1) is 12.3. The van der Waals surface area contributed by atoms with Crippen molar-refractivity contribution >= 4 is 21.8 Å². The van der Waals surface area contributed by atoms with Crippen molar-refractivity contribution in [1.82, 2.24) is 14.1 Å². The molecular formula is C18H27N3O4S. The second kappa shape index (κ2) is 8.64. The number of sulfonamides is 1. The topological polar surface area (TPSA) is 78.0 Å². The second-order valence-corrected chi connectivity index (χ2v) is 8.55. The molecule has 0 saturated carbocycles. The van der Waals surface area contributed by atoms with Gasteiger partial charge in [-0.1, -0.05) is 13.3 Å². The number of unbranched alkanes of at least 4 members (excludes halogenated alkanes) is 1. The average Bonchev–Trinajstić information content (AvgIpc) is 2.65. The van der Waals surface area contributed by atoms with E-state index in [9.17, 15) is 18.0 Å². The molecule has 0 bridgehead atoms. The molecule has 1 fully saturated rings. The molecule has 1 aliphatic heterocycles. The molecule has 0 N–H and O–H groups in total. The fraction of sp³-hybridized carbons (Fsp3) is 0.556. The fourth-order valence-electron chi connectivity index (χ4n) is 2.86. The van der Waals surface area contributed by atoms with E-state index < -0.39 is 10.0 Å². The SMILES string of the molecule is CCCCN(C)S(=O)(=O)c1ccc(C(=O)N2CCN(C(C)=O)CC2)cc1. The standard InChI is InChI=1S/C18H27N3O4S/c1-4-5-10-19(3)26(24,25)17-8-6-16(7-9-17)18(23)21-13-11-20(12-14-21)15(2)22/h6-9H,4-5,10-14H2,1-3H3. The molecular weight excluding hydrogens is 354 g/mol. The lowest BCUT2D eigenvalue weighted by Gasteiger charge is -2.34. The maximum atomic E-state index is 12.6. The summed E-state index contributed by atoms with van der Waals surface area (Å²) in [5.74, 6) is -0.129. The summed E-state index contributed by atoms with van der Waals surface area (Å²) >= 11 is 0. The molecule has 2 amide bonds. The van der Waals surface area contributed by atoms with Crippen LogP contribution >= 0.6 is 0 Å². The Bertz CT molecular complexity index is 738. The lowest BCUT2D eigenvalue weighted by atomic mass is 10.2. The van der Waals surface area contributed by atoms with Crippen LogP contribution < -0.4 is 0 Å². The zero-order valence-electron chi connectivity index (χ0n) is 15.6. The molecule has 1 aliphatic rings. The summed E-state index contributed by atoms with van der Waals surface area (Å²) in [7, 11) is -1.96. The van der Waals surface area contributed by atoms with Gasteiger partial charge in [-0.15, -0.1) is 0 Å². The van der Waals surface area contributed by atoms with Gasteiger partial charge in [0.1, 0.15) is 0 Å². The Labute approximate surface area is 155 Å². The largest absolute Gasteiger partial charge is 0.339 e. The molecule has 0 aromatic heterocycles. The Kier molecular flexibility index (Phi) is 6.77. The minimum Gasteiger partial charge on any atom is -0.339 e. The molecule has 0 aliphatic carbocycles. The van der Waals surface area contributed by atoms with E-state index in [0.717, 1.165) is 12.8 Å². The molecule has 1 aromatic carbocycles. The minimum atomic E-state index is -3.53. The van der Waals surface area contributed by atoms with Gasteiger partial charge in [-0.05, 0) is 30.7 Å². The number of piperazine rings is 1. The van der Waals surface area contributed by atoms with Crippen molar-refractivity contribution < 1.29 is 18.0 Å². The molecule has 7 nitrogen and oxygen atoms in total. The van der Waals surface area contributed by atoms with E-state index >= 15 is 0 Å². The van der Waals surface area contributed by atoms with Gasteiger partial charge in [-0.3, -0.25) is 9.59 Å². The quantitative estimate of drug-likeness (QED) is 0.746. The van der Waals surface area contributed by atoms with E-state index in [0.29, 0.717) is 38.3 Å². The van der Waals surface area contributed by atoms with E-state index in [1.165, 1.54) is 23.4 Å². The van der Waals surface area contributed by atoms with Crippen molar-refractivity contribution in [2.75, 3.05) is 39.8 Å². The van der Waals surface area contributed by atoms with Gasteiger partial charge in [0.25, 0.3) is 5.91 Å². The Morgan fingerprint density at radius 1 is 1.04 bits per heavy atom. The lowest BCUT2D eigenvalue weighted by molar-refractivity contribution is -0.130. The smallest absolute Gasteiger partial charge is 0.253 e. The summed E-state index contributed by atoms with van der Waals surface area (Å²) in [6.07, 6.45) is 1.72. The number of carbonyl (C=O) groups is 2. The number of hydrogen-bond donors (Lipinski definition) is 0. The number of rotatable bonds is 6. The van der Waals surface area contributed by atoms with Gasteiger partial charge in [-0.25, -0.2) is 12.7 Å². The first-order valence-electron chi connectivity index (χ1n) is 8.88. The van der Waals surface area contributed by atoms with Crippen LogP contribution in [0.1, 0.15) is 37.0 Å². The van der Waals surface area contributed by atoms with Crippen LogP contribution in [-0.2, 0) is 14.8 Å². The van der Waals surface area contributed by atoms with Crippen molar-refractivity contribution in [1.29, 1.82) is 0 Å². The maximum Gasteiger partial charge on any atom is 0.253 e. The third kappa shape index (κ3) is 4.62. The molecule has 0 radical (unpaired) electrons. The number of amides is 2. The van der Waals surface area contributed by atoms with E-state index in [-0.39, 0.29) is 16.7 Å². The van der Waals surface area contributed by atoms with Gasteiger partial charge < -0.3 is 9.80 Å². The number of benzene rings is 1. The Morgan fingerprint density at radius 3 is 2.08 bits per heavy atom. The van der Waals surface area contributed by atoms with E-state index in [4.69, 9.17) is 0 Å². The molecule has 1 aromatic rings. The Morgan fingerprint density at radius 2 is 1.58 bits per heavy atom. The van der Waals surface area contributed by atoms with Crippen LogP contribution in [0.4, 0.5) is 0 Å². The zero-order chi connectivity index (χ0) is 19.3. The van der Waals surface area contributed by atoms with Gasteiger partial charge in [0.05, 0.1) is 4.90 Å². The van der Waals surface area contributed by atoms with Crippen LogP contribution in [0, 0.1) is 0 Å². The van der Waals surface area contributed by atoms with E-state index in [2.05, 4.69) is 0 Å². The molecule has 0 atom stereocenters. The number of carbonyl (C=O) groups excluding carboxylic acids is 2. The van der Waals surface area contributed by atoms with E-state index in [1.54, 1.807) is 29.0 Å². The van der Waals surface area contributed by atoms with Crippen molar-refractivity contribution in [2.24, 2.45) is 0 Å². The third-order valence-corrected chi connectivity index (χ3v) is 6.52. The first kappa shape index (κ1) is 20.4. The van der Waals surface area contributed by atoms with Crippen LogP contribution in [0.2, 0.25) is 0 Å². The van der Waals surface area contributed by atoms with Gasteiger partial charge >= 0.3 is 0 Å². The highest BCUT2D eigenvalue weighted by atomic mass is 32.2. The average molecular weight is 381 g/mol. The van der Waals surface area contributed by atoms with Crippen molar-refractivity contribution in [2.45, 2.75) is 31.6 Å². The highest BCUT2D eigenvalue weighted by Gasteiger charge is 2.24. The van der Waals surface area contributed by atoms with Gasteiger partial charge in [0.15, 0.2) is 0 Å². The maximum absolute atomic E-state index is 12.6. The van der Waals surface area contributed by atoms with Crippen LogP contribution in [0.25, 0.3) is 0 Å². The van der Waals surface area contributed by atoms with Gasteiger partial charge in [0, 0.05) is 52.3 Å². The summed E-state index contributed by atoms with van der Waals surface area (Å²) in [5, 5.41) is 0. The predicted molar refractivity (Wildman–Crippen MR) is 99.3 cm³/mol. The van der Waals surface area contributed by atoms with Gasteiger partial charge in [-0.2, -0.15) is 0 Å². The molecule has 8 heteroatoms. The van der Waals surface area contributed by atoms with Crippen LogP contribution in [-0.4, -0.2) is 74.1 Å². The van der Waals surface area contributed by atoms with Gasteiger partial charge in [0.2, 0.25) is 15.9 Å². The molecule has 1 heterocycles. The second-order valence-electron chi connectivity index (χ2n) is 6.50. The molecule has 0 spiro atoms. The Balaban J connectivity index is 2.05. The van der Waals surface area contributed by atoms with Crippen LogP contribution in [0.5, 0.6) is 0 Å². The molecule has 26 heavy (non-hydrogen) atoms. The summed E-state index contributed by atoms with van der Waals surface area (Å²) in [6, 6.07) is 6.08. The molecule has 1 saturated heterocycles. The summed E-state index contributed by atoms with van der Waals surface area (Å²) in [6.45, 7) is 6.02. The summed E-state index contributed by atoms with van der Waals surface area (Å²) in [5.41, 5.74) is 0.455. The van der Waals surface area contributed by atoms with Crippen molar-refractivity contribution in [3.05, 3.63) is 29.8 Å². The monoisotopic (exact) mass is 381 g/mol. The predicted octanol–water partition coefficient (Wildman–Crippen LogP) is 1.41. The highest BCUT2D eigenvalue weighted by molar-refractivity contribution is 7.89. The number of nitrogens with zero attached hydrogens (tertiary/aromatic N) is 3. The lowest BCUT2D eigenvalue weighted by Crippen LogP contribution is -2.50. The zero-order valence-corrected chi connectivity index (χ0v) is 16.5. The third-order valence-electron chi connectivity index (χ3n) is 4.65. The first-order valence-corrected chi connectivity index (χ1v) is 10.3. The highest BCUT2D eigenvalue weighted by Crippen LogP contribution is 2.17.